The summed E-state index contributed by atoms with van der Waals surface area (Å²) in [6, 6.07) is 0.00826. The van der Waals surface area contributed by atoms with Crippen molar-refractivity contribution in [1.82, 2.24) is 20.4 Å². The lowest BCUT2D eigenvalue weighted by molar-refractivity contribution is -0.120. The number of carbonyl (C=O) groups is 1. The highest BCUT2D eigenvalue weighted by atomic mass is 16.1. The summed E-state index contributed by atoms with van der Waals surface area (Å²) in [7, 11) is 1.91. The maximum Gasteiger partial charge on any atom is 0.234 e. The van der Waals surface area contributed by atoms with E-state index in [2.05, 4.69) is 15.7 Å². The van der Waals surface area contributed by atoms with Crippen LogP contribution in [0.4, 0.5) is 0 Å². The van der Waals surface area contributed by atoms with Gasteiger partial charge < -0.3 is 10.6 Å². The minimum Gasteiger partial charge on any atom is -0.348 e. The summed E-state index contributed by atoms with van der Waals surface area (Å²) in [6.45, 7) is 5.37. The summed E-state index contributed by atoms with van der Waals surface area (Å²) in [5.41, 5.74) is 2.17. The molecule has 1 fully saturated rings. The molecule has 5 heteroatoms. The summed E-state index contributed by atoms with van der Waals surface area (Å²) in [4.78, 5) is 11.7. The Morgan fingerprint density at radius 3 is 2.89 bits per heavy atom. The Balaban J connectivity index is 1.76. The van der Waals surface area contributed by atoms with Crippen LogP contribution in [0.5, 0.6) is 0 Å². The molecule has 1 heterocycles. The normalized spacial score (nSPS) is 16.6. The van der Waals surface area contributed by atoms with Crippen molar-refractivity contribution in [3.05, 3.63) is 17.5 Å². The predicted octanol–water partition coefficient (Wildman–Crippen LogP) is 0.905. The average Bonchev–Trinajstić information content (AvgIpc) is 3.07. The van der Waals surface area contributed by atoms with Gasteiger partial charge in [-0.3, -0.25) is 9.48 Å². The molecule has 0 bridgehead atoms. The topological polar surface area (TPSA) is 59.0 Å². The van der Waals surface area contributed by atoms with E-state index in [1.807, 2.05) is 31.8 Å². The maximum absolute atomic E-state index is 11.7. The van der Waals surface area contributed by atoms with Crippen LogP contribution in [0.2, 0.25) is 0 Å². The van der Waals surface area contributed by atoms with Gasteiger partial charge in [-0.05, 0) is 39.2 Å². The number of nitrogens with zero attached hydrogens (tertiary/aromatic N) is 2. The minimum absolute atomic E-state index is 0.00826. The summed E-state index contributed by atoms with van der Waals surface area (Å²) in [5.74, 6) is 0.849. The lowest BCUT2D eigenvalue weighted by Crippen LogP contribution is -2.36. The summed E-state index contributed by atoms with van der Waals surface area (Å²) < 4.78 is 1.82. The molecule has 1 aromatic rings. The van der Waals surface area contributed by atoms with Crippen LogP contribution in [0.1, 0.15) is 37.1 Å². The number of amides is 1. The molecular weight excluding hydrogens is 228 g/mol. The largest absolute Gasteiger partial charge is 0.348 e. The Bertz CT molecular complexity index is 423. The van der Waals surface area contributed by atoms with Gasteiger partial charge in [-0.1, -0.05) is 0 Å². The van der Waals surface area contributed by atoms with Crippen LogP contribution in [0.3, 0.4) is 0 Å². The van der Waals surface area contributed by atoms with Gasteiger partial charge in [0.1, 0.15) is 0 Å². The molecule has 0 aromatic carbocycles. The number of aromatic nitrogens is 2. The van der Waals surface area contributed by atoms with Gasteiger partial charge >= 0.3 is 0 Å². The van der Waals surface area contributed by atoms with Gasteiger partial charge in [0.2, 0.25) is 5.91 Å². The molecule has 5 nitrogen and oxygen atoms in total. The molecule has 1 amide bonds. The van der Waals surface area contributed by atoms with Crippen LogP contribution < -0.4 is 10.6 Å². The maximum atomic E-state index is 11.7. The Morgan fingerprint density at radius 2 is 2.33 bits per heavy atom. The molecule has 0 radical (unpaired) electrons. The van der Waals surface area contributed by atoms with E-state index in [1.54, 1.807) is 0 Å². The number of hydrogen-bond acceptors (Lipinski definition) is 3. The van der Waals surface area contributed by atoms with Crippen LogP contribution in [0.15, 0.2) is 6.20 Å². The van der Waals surface area contributed by atoms with Gasteiger partial charge in [0.15, 0.2) is 0 Å². The minimum atomic E-state index is 0.00826. The first-order valence-corrected chi connectivity index (χ1v) is 6.56. The highest BCUT2D eigenvalue weighted by Gasteiger charge is 2.21. The first kappa shape index (κ1) is 13.1. The lowest BCUT2D eigenvalue weighted by atomic mass is 10.1. The summed E-state index contributed by atoms with van der Waals surface area (Å²) >= 11 is 0. The summed E-state index contributed by atoms with van der Waals surface area (Å²) in [5, 5.41) is 10.4. The van der Waals surface area contributed by atoms with Crippen molar-refractivity contribution < 1.29 is 4.79 Å². The quantitative estimate of drug-likeness (QED) is 0.789. The summed E-state index contributed by atoms with van der Waals surface area (Å²) in [6.07, 6.45) is 4.43. The Labute approximate surface area is 108 Å². The first-order valence-electron chi connectivity index (χ1n) is 6.56. The Morgan fingerprint density at radius 1 is 1.61 bits per heavy atom. The smallest absolute Gasteiger partial charge is 0.234 e. The fourth-order valence-electron chi connectivity index (χ4n) is 2.02. The van der Waals surface area contributed by atoms with Gasteiger partial charge in [0, 0.05) is 18.3 Å². The molecule has 2 rings (SSSR count). The van der Waals surface area contributed by atoms with Crippen molar-refractivity contribution in [2.24, 2.45) is 13.0 Å². The standard InChI is InChI=1S/C13H22N4O/c1-9(12-7-15-17(3)10(12)2)16-13(18)8-14-6-11-4-5-11/h7,9,11,14H,4-6,8H2,1-3H3,(H,16,18). The van der Waals surface area contributed by atoms with E-state index >= 15 is 0 Å². The van der Waals surface area contributed by atoms with Crippen molar-refractivity contribution in [1.29, 1.82) is 0 Å². The second-order valence-electron chi connectivity index (χ2n) is 5.17. The zero-order valence-corrected chi connectivity index (χ0v) is 11.4. The first-order chi connectivity index (χ1) is 8.58. The van der Waals surface area contributed by atoms with Crippen LogP contribution >= 0.6 is 0 Å². The second-order valence-corrected chi connectivity index (χ2v) is 5.17. The van der Waals surface area contributed by atoms with Crippen LogP contribution in [0, 0.1) is 12.8 Å². The predicted molar refractivity (Wildman–Crippen MR) is 70.1 cm³/mol. The molecule has 1 saturated carbocycles. The van der Waals surface area contributed by atoms with Crippen molar-refractivity contribution in [2.45, 2.75) is 32.7 Å². The van der Waals surface area contributed by atoms with Gasteiger partial charge in [-0.25, -0.2) is 0 Å². The molecule has 2 N–H and O–H groups in total. The molecule has 1 aliphatic carbocycles. The molecule has 1 aromatic heterocycles. The van der Waals surface area contributed by atoms with Gasteiger partial charge in [0.25, 0.3) is 0 Å². The molecule has 1 aliphatic rings. The van der Waals surface area contributed by atoms with E-state index in [-0.39, 0.29) is 11.9 Å². The third-order valence-corrected chi connectivity index (χ3v) is 3.53. The van der Waals surface area contributed by atoms with E-state index in [9.17, 15) is 4.79 Å². The molecule has 1 unspecified atom stereocenters. The van der Waals surface area contributed by atoms with Gasteiger partial charge in [0.05, 0.1) is 18.8 Å². The number of carbonyl (C=O) groups excluding carboxylic acids is 1. The van der Waals surface area contributed by atoms with Crippen molar-refractivity contribution in [2.75, 3.05) is 13.1 Å². The fraction of sp³-hybridized carbons (Fsp3) is 0.692. The van der Waals surface area contributed by atoms with Crippen LogP contribution in [-0.4, -0.2) is 28.8 Å². The Kier molecular flexibility index (Phi) is 4.01. The third kappa shape index (κ3) is 3.32. The van der Waals surface area contributed by atoms with Gasteiger partial charge in [-0.2, -0.15) is 5.10 Å². The number of nitrogens with one attached hydrogen (secondary N) is 2. The third-order valence-electron chi connectivity index (χ3n) is 3.53. The molecule has 18 heavy (non-hydrogen) atoms. The van der Waals surface area contributed by atoms with Crippen molar-refractivity contribution in [3.63, 3.8) is 0 Å². The Hall–Kier alpha value is -1.36. The van der Waals surface area contributed by atoms with E-state index in [4.69, 9.17) is 0 Å². The number of hydrogen-bond donors (Lipinski definition) is 2. The highest BCUT2D eigenvalue weighted by molar-refractivity contribution is 5.78. The van der Waals surface area contributed by atoms with Crippen molar-refractivity contribution in [3.8, 4) is 0 Å². The number of aryl methyl sites for hydroxylation is 1. The van der Waals surface area contributed by atoms with Gasteiger partial charge in [-0.15, -0.1) is 0 Å². The fourth-order valence-corrected chi connectivity index (χ4v) is 2.02. The molecule has 0 aliphatic heterocycles. The molecule has 100 valence electrons. The monoisotopic (exact) mass is 250 g/mol. The van der Waals surface area contributed by atoms with E-state index in [0.29, 0.717) is 6.54 Å². The average molecular weight is 250 g/mol. The zero-order chi connectivity index (χ0) is 13.1. The lowest BCUT2D eigenvalue weighted by Gasteiger charge is -2.14. The van der Waals surface area contributed by atoms with E-state index < -0.39 is 0 Å². The molecular formula is C13H22N4O. The van der Waals surface area contributed by atoms with E-state index in [0.717, 1.165) is 23.7 Å². The van der Waals surface area contributed by atoms with E-state index in [1.165, 1.54) is 12.8 Å². The highest BCUT2D eigenvalue weighted by Crippen LogP contribution is 2.27. The second kappa shape index (κ2) is 5.52. The zero-order valence-electron chi connectivity index (χ0n) is 11.4. The van der Waals surface area contributed by atoms with Crippen LogP contribution in [0.25, 0.3) is 0 Å². The van der Waals surface area contributed by atoms with Crippen molar-refractivity contribution >= 4 is 5.91 Å². The number of rotatable bonds is 6. The SMILES string of the molecule is Cc1c(C(C)NC(=O)CNCC2CC2)cnn1C. The molecule has 1 atom stereocenters. The molecule has 0 spiro atoms. The van der Waals surface area contributed by atoms with Crippen LogP contribution in [-0.2, 0) is 11.8 Å². The molecule has 0 saturated heterocycles.